The van der Waals surface area contributed by atoms with Crippen LogP contribution < -0.4 is 15.2 Å². The van der Waals surface area contributed by atoms with E-state index in [1.54, 1.807) is 14.2 Å². The Kier molecular flexibility index (Phi) is 5.63. The Labute approximate surface area is 116 Å². The monoisotopic (exact) mass is 266 g/mol. The van der Waals surface area contributed by atoms with E-state index in [1.807, 2.05) is 12.1 Å². The SMILES string of the molecule is COc1ccc(CN(C)C(C)(C)CCN)cc1OC. The van der Waals surface area contributed by atoms with E-state index in [1.165, 1.54) is 5.56 Å². The van der Waals surface area contributed by atoms with E-state index in [4.69, 9.17) is 15.2 Å². The Morgan fingerprint density at radius 2 is 1.79 bits per heavy atom. The normalized spacial score (nSPS) is 11.7. The molecule has 108 valence electrons. The van der Waals surface area contributed by atoms with Gasteiger partial charge in [-0.1, -0.05) is 6.07 Å². The molecule has 0 spiro atoms. The summed E-state index contributed by atoms with van der Waals surface area (Å²) >= 11 is 0. The van der Waals surface area contributed by atoms with Gasteiger partial charge in [-0.05, 0) is 51.6 Å². The van der Waals surface area contributed by atoms with Crippen molar-refractivity contribution in [3.8, 4) is 11.5 Å². The second-order valence-corrected chi connectivity index (χ2v) is 5.40. The number of nitrogens with zero attached hydrogens (tertiary/aromatic N) is 1. The molecule has 0 unspecified atom stereocenters. The molecule has 19 heavy (non-hydrogen) atoms. The summed E-state index contributed by atoms with van der Waals surface area (Å²) in [4.78, 5) is 2.31. The number of rotatable bonds is 7. The lowest BCUT2D eigenvalue weighted by Crippen LogP contribution is -2.42. The number of methoxy groups -OCH3 is 2. The van der Waals surface area contributed by atoms with Crippen molar-refractivity contribution < 1.29 is 9.47 Å². The Bertz CT molecular complexity index is 405. The lowest BCUT2D eigenvalue weighted by atomic mass is 9.98. The molecule has 0 aromatic heterocycles. The fourth-order valence-electron chi connectivity index (χ4n) is 2.01. The van der Waals surface area contributed by atoms with E-state index in [2.05, 4.69) is 31.9 Å². The van der Waals surface area contributed by atoms with Crippen LogP contribution in [-0.4, -0.2) is 38.3 Å². The molecule has 4 heteroatoms. The first-order chi connectivity index (χ1) is 8.94. The molecule has 4 nitrogen and oxygen atoms in total. The summed E-state index contributed by atoms with van der Waals surface area (Å²) in [5.74, 6) is 1.53. The number of hydrogen-bond donors (Lipinski definition) is 1. The van der Waals surface area contributed by atoms with Crippen molar-refractivity contribution in [1.82, 2.24) is 4.90 Å². The van der Waals surface area contributed by atoms with E-state index in [9.17, 15) is 0 Å². The summed E-state index contributed by atoms with van der Waals surface area (Å²) in [6, 6.07) is 6.03. The first-order valence-corrected chi connectivity index (χ1v) is 6.57. The summed E-state index contributed by atoms with van der Waals surface area (Å²) < 4.78 is 10.6. The lowest BCUT2D eigenvalue weighted by molar-refractivity contribution is 0.140. The van der Waals surface area contributed by atoms with Gasteiger partial charge in [-0.2, -0.15) is 0 Å². The largest absolute Gasteiger partial charge is 0.493 e. The van der Waals surface area contributed by atoms with Gasteiger partial charge in [-0.15, -0.1) is 0 Å². The topological polar surface area (TPSA) is 47.7 Å². The molecule has 1 aromatic rings. The van der Waals surface area contributed by atoms with Crippen molar-refractivity contribution in [2.75, 3.05) is 27.8 Å². The predicted molar refractivity (Wildman–Crippen MR) is 78.8 cm³/mol. The summed E-state index contributed by atoms with van der Waals surface area (Å²) in [6.45, 7) is 5.97. The highest BCUT2D eigenvalue weighted by Crippen LogP contribution is 2.29. The third kappa shape index (κ3) is 4.11. The quantitative estimate of drug-likeness (QED) is 0.822. The number of nitrogens with two attached hydrogens (primary N) is 1. The molecule has 2 N–H and O–H groups in total. The van der Waals surface area contributed by atoms with E-state index >= 15 is 0 Å². The molecule has 0 atom stereocenters. The second-order valence-electron chi connectivity index (χ2n) is 5.40. The van der Waals surface area contributed by atoms with Crippen molar-refractivity contribution in [1.29, 1.82) is 0 Å². The minimum Gasteiger partial charge on any atom is -0.493 e. The minimum atomic E-state index is 0.0852. The average molecular weight is 266 g/mol. The third-order valence-electron chi connectivity index (χ3n) is 3.66. The first-order valence-electron chi connectivity index (χ1n) is 6.57. The molecule has 0 radical (unpaired) electrons. The Morgan fingerprint density at radius 1 is 1.16 bits per heavy atom. The van der Waals surface area contributed by atoms with Crippen molar-refractivity contribution >= 4 is 0 Å². The van der Waals surface area contributed by atoms with Crippen LogP contribution in [0.1, 0.15) is 25.8 Å². The highest BCUT2D eigenvalue weighted by Gasteiger charge is 2.22. The van der Waals surface area contributed by atoms with Gasteiger partial charge in [0.25, 0.3) is 0 Å². The Hall–Kier alpha value is -1.26. The number of ether oxygens (including phenoxy) is 2. The van der Waals surface area contributed by atoms with Crippen LogP contribution in [0.5, 0.6) is 11.5 Å². The molecule has 0 aliphatic heterocycles. The van der Waals surface area contributed by atoms with Crippen LogP contribution in [-0.2, 0) is 6.54 Å². The predicted octanol–water partition coefficient (Wildman–Crippen LogP) is 2.26. The fourth-order valence-corrected chi connectivity index (χ4v) is 2.01. The van der Waals surface area contributed by atoms with Crippen LogP contribution in [0.4, 0.5) is 0 Å². The van der Waals surface area contributed by atoms with Crippen LogP contribution in [0.3, 0.4) is 0 Å². The summed E-state index contributed by atoms with van der Waals surface area (Å²) in [5, 5.41) is 0. The standard InChI is InChI=1S/C15H26N2O2/c1-15(2,8-9-16)17(3)11-12-6-7-13(18-4)14(10-12)19-5/h6-7,10H,8-9,11,16H2,1-5H3. The maximum atomic E-state index is 5.67. The highest BCUT2D eigenvalue weighted by molar-refractivity contribution is 5.42. The maximum Gasteiger partial charge on any atom is 0.161 e. The second kappa shape index (κ2) is 6.78. The van der Waals surface area contributed by atoms with Gasteiger partial charge < -0.3 is 15.2 Å². The zero-order chi connectivity index (χ0) is 14.5. The zero-order valence-electron chi connectivity index (χ0n) is 12.7. The average Bonchev–Trinajstić information content (AvgIpc) is 2.38. The van der Waals surface area contributed by atoms with Gasteiger partial charge in [0, 0.05) is 12.1 Å². The Morgan fingerprint density at radius 3 is 2.32 bits per heavy atom. The molecule has 0 saturated carbocycles. The molecule has 0 amide bonds. The molecule has 0 saturated heterocycles. The summed E-state index contributed by atoms with van der Waals surface area (Å²) in [7, 11) is 5.42. The number of benzene rings is 1. The van der Waals surface area contributed by atoms with Gasteiger partial charge in [0.2, 0.25) is 0 Å². The molecule has 1 rings (SSSR count). The van der Waals surface area contributed by atoms with Crippen molar-refractivity contribution in [2.24, 2.45) is 5.73 Å². The van der Waals surface area contributed by atoms with Crippen LogP contribution in [0, 0.1) is 0 Å². The highest BCUT2D eigenvalue weighted by atomic mass is 16.5. The molecule has 1 aromatic carbocycles. The smallest absolute Gasteiger partial charge is 0.161 e. The third-order valence-corrected chi connectivity index (χ3v) is 3.66. The van der Waals surface area contributed by atoms with Crippen LogP contribution in [0.2, 0.25) is 0 Å². The maximum absolute atomic E-state index is 5.67. The van der Waals surface area contributed by atoms with Crippen LogP contribution in [0.25, 0.3) is 0 Å². The van der Waals surface area contributed by atoms with Gasteiger partial charge in [0.05, 0.1) is 14.2 Å². The van der Waals surface area contributed by atoms with Gasteiger partial charge in [0.15, 0.2) is 11.5 Å². The molecule has 0 aliphatic carbocycles. The molecule has 0 aliphatic rings. The molecular weight excluding hydrogens is 240 g/mol. The molecule has 0 bridgehead atoms. The first kappa shape index (κ1) is 15.8. The van der Waals surface area contributed by atoms with Gasteiger partial charge in [-0.3, -0.25) is 4.90 Å². The summed E-state index contributed by atoms with van der Waals surface area (Å²) in [5.41, 5.74) is 6.95. The minimum absolute atomic E-state index is 0.0852. The van der Waals surface area contributed by atoms with E-state index in [-0.39, 0.29) is 5.54 Å². The van der Waals surface area contributed by atoms with Gasteiger partial charge in [-0.25, -0.2) is 0 Å². The van der Waals surface area contributed by atoms with E-state index < -0.39 is 0 Å². The van der Waals surface area contributed by atoms with Crippen molar-refractivity contribution in [3.63, 3.8) is 0 Å². The van der Waals surface area contributed by atoms with Crippen molar-refractivity contribution in [2.45, 2.75) is 32.4 Å². The van der Waals surface area contributed by atoms with Gasteiger partial charge >= 0.3 is 0 Å². The number of hydrogen-bond acceptors (Lipinski definition) is 4. The Balaban J connectivity index is 2.82. The van der Waals surface area contributed by atoms with Gasteiger partial charge in [0.1, 0.15) is 0 Å². The fraction of sp³-hybridized carbons (Fsp3) is 0.600. The van der Waals surface area contributed by atoms with E-state index in [0.29, 0.717) is 6.54 Å². The molecule has 0 heterocycles. The molecule has 0 fully saturated rings. The van der Waals surface area contributed by atoms with Crippen molar-refractivity contribution in [3.05, 3.63) is 23.8 Å². The van der Waals surface area contributed by atoms with Crippen LogP contribution in [0.15, 0.2) is 18.2 Å². The van der Waals surface area contributed by atoms with E-state index in [0.717, 1.165) is 24.5 Å². The molecular formula is C15H26N2O2. The lowest BCUT2D eigenvalue weighted by Gasteiger charge is -2.35. The van der Waals surface area contributed by atoms with Crippen LogP contribution >= 0.6 is 0 Å². The summed E-state index contributed by atoms with van der Waals surface area (Å²) in [6.07, 6.45) is 0.969. The zero-order valence-corrected chi connectivity index (χ0v) is 12.7.